The van der Waals surface area contributed by atoms with Gasteiger partial charge in [0.2, 0.25) is 0 Å². The number of benzene rings is 1. The van der Waals surface area contributed by atoms with E-state index in [-0.39, 0.29) is 5.56 Å². The molecule has 0 bridgehead atoms. The highest BCUT2D eigenvalue weighted by Crippen LogP contribution is 2.28. The fourth-order valence-corrected chi connectivity index (χ4v) is 2.49. The van der Waals surface area contributed by atoms with Gasteiger partial charge in [0.05, 0.1) is 19.4 Å². The van der Waals surface area contributed by atoms with Crippen LogP contribution in [0, 0.1) is 11.3 Å². The first-order valence-corrected chi connectivity index (χ1v) is 8.20. The van der Waals surface area contributed by atoms with Gasteiger partial charge in [0.25, 0.3) is 5.56 Å². The topological polar surface area (TPSA) is 88.0 Å². The molecule has 0 aliphatic heterocycles. The summed E-state index contributed by atoms with van der Waals surface area (Å²) in [6, 6.07) is 7.32. The molecule has 0 saturated heterocycles. The van der Waals surface area contributed by atoms with E-state index >= 15 is 0 Å². The zero-order chi connectivity index (χ0) is 16.8. The fourth-order valence-electron chi connectivity index (χ4n) is 2.11. The maximum atomic E-state index is 12.0. The first-order chi connectivity index (χ1) is 11.1. The molecule has 6 nitrogen and oxygen atoms in total. The first-order valence-electron chi connectivity index (χ1n) is 6.98. The Morgan fingerprint density at radius 3 is 2.83 bits per heavy atom. The highest BCUT2D eigenvalue weighted by atomic mass is 32.2. The van der Waals surface area contributed by atoms with Gasteiger partial charge >= 0.3 is 0 Å². The molecule has 1 aromatic heterocycles. The zero-order valence-electron chi connectivity index (χ0n) is 13.2. The molecule has 0 aliphatic rings. The van der Waals surface area contributed by atoms with Gasteiger partial charge in [-0.05, 0) is 31.4 Å². The van der Waals surface area contributed by atoms with Crippen molar-refractivity contribution in [1.29, 1.82) is 5.26 Å². The third kappa shape index (κ3) is 3.73. The SMILES string of the molecule is CCOCc1cc(-c2nc(SC)[nH]c(=O)c2C#N)ccc1OC. The van der Waals surface area contributed by atoms with Gasteiger partial charge in [0, 0.05) is 17.7 Å². The van der Waals surface area contributed by atoms with E-state index in [1.54, 1.807) is 19.2 Å². The van der Waals surface area contributed by atoms with Crippen molar-refractivity contribution < 1.29 is 9.47 Å². The number of hydrogen-bond acceptors (Lipinski definition) is 6. The Bertz CT molecular complexity index is 796. The van der Waals surface area contributed by atoms with Crippen LogP contribution in [0.4, 0.5) is 0 Å². The highest BCUT2D eigenvalue weighted by Gasteiger charge is 2.15. The van der Waals surface area contributed by atoms with E-state index in [2.05, 4.69) is 9.97 Å². The van der Waals surface area contributed by atoms with E-state index in [4.69, 9.17) is 9.47 Å². The number of nitriles is 1. The average molecular weight is 331 g/mol. The lowest BCUT2D eigenvalue weighted by atomic mass is 10.0. The number of methoxy groups -OCH3 is 1. The van der Waals surface area contributed by atoms with Crippen LogP contribution in [0.3, 0.4) is 0 Å². The second-order valence-electron chi connectivity index (χ2n) is 4.57. The third-order valence-corrected chi connectivity index (χ3v) is 3.80. The van der Waals surface area contributed by atoms with Crippen LogP contribution in [0.2, 0.25) is 0 Å². The first kappa shape index (κ1) is 17.1. The van der Waals surface area contributed by atoms with Gasteiger partial charge in [-0.15, -0.1) is 0 Å². The Hall–Kier alpha value is -2.30. The van der Waals surface area contributed by atoms with Crippen molar-refractivity contribution in [2.75, 3.05) is 20.0 Å². The van der Waals surface area contributed by atoms with Crippen LogP contribution in [0.1, 0.15) is 18.1 Å². The molecule has 0 spiro atoms. The largest absolute Gasteiger partial charge is 0.496 e. The van der Waals surface area contributed by atoms with E-state index in [1.807, 2.05) is 25.3 Å². The van der Waals surface area contributed by atoms with Crippen molar-refractivity contribution in [1.82, 2.24) is 9.97 Å². The van der Waals surface area contributed by atoms with Crippen molar-refractivity contribution in [2.45, 2.75) is 18.7 Å². The maximum Gasteiger partial charge on any atom is 0.270 e. The number of aromatic amines is 1. The Labute approximate surface area is 138 Å². The normalized spacial score (nSPS) is 10.3. The molecule has 1 heterocycles. The molecular formula is C16H17N3O3S. The predicted octanol–water partition coefficient (Wildman–Crippen LogP) is 2.58. The van der Waals surface area contributed by atoms with E-state index in [0.29, 0.717) is 35.4 Å². The molecule has 2 rings (SSSR count). The van der Waals surface area contributed by atoms with E-state index in [0.717, 1.165) is 5.56 Å². The van der Waals surface area contributed by atoms with Gasteiger partial charge in [-0.2, -0.15) is 5.26 Å². The van der Waals surface area contributed by atoms with E-state index in [9.17, 15) is 10.1 Å². The molecule has 7 heteroatoms. The van der Waals surface area contributed by atoms with Crippen molar-refractivity contribution in [2.24, 2.45) is 0 Å². The summed E-state index contributed by atoms with van der Waals surface area (Å²) in [5.41, 5.74) is 1.43. The van der Waals surface area contributed by atoms with Crippen LogP contribution in [0.5, 0.6) is 5.75 Å². The molecular weight excluding hydrogens is 314 g/mol. The summed E-state index contributed by atoms with van der Waals surface area (Å²) in [4.78, 5) is 19.0. The molecule has 2 aromatic rings. The average Bonchev–Trinajstić information content (AvgIpc) is 2.58. The number of H-pyrrole nitrogens is 1. The van der Waals surface area contributed by atoms with Crippen LogP contribution in [0.15, 0.2) is 28.2 Å². The van der Waals surface area contributed by atoms with Crippen LogP contribution in [-0.4, -0.2) is 29.9 Å². The minimum absolute atomic E-state index is 0.00433. The fraction of sp³-hybridized carbons (Fsp3) is 0.312. The summed E-state index contributed by atoms with van der Waals surface area (Å²) in [5.74, 6) is 0.690. The third-order valence-electron chi connectivity index (χ3n) is 3.22. The standard InChI is InChI=1S/C16H17N3O3S/c1-4-22-9-11-7-10(5-6-13(11)21-2)14-12(8-17)15(20)19-16(18-14)23-3/h5-7H,4,9H2,1-3H3,(H,18,19,20). The van der Waals surface area contributed by atoms with Crippen LogP contribution >= 0.6 is 11.8 Å². The molecule has 0 unspecified atom stereocenters. The maximum absolute atomic E-state index is 12.0. The Balaban J connectivity index is 2.60. The number of rotatable bonds is 6. The summed E-state index contributed by atoms with van der Waals surface area (Å²) in [5, 5.41) is 9.73. The number of thioether (sulfide) groups is 1. The van der Waals surface area contributed by atoms with Gasteiger partial charge < -0.3 is 14.5 Å². The molecule has 1 aromatic carbocycles. The van der Waals surface area contributed by atoms with E-state index in [1.165, 1.54) is 11.8 Å². The summed E-state index contributed by atoms with van der Waals surface area (Å²) in [6.07, 6.45) is 1.81. The second kappa shape index (κ2) is 7.81. The van der Waals surface area contributed by atoms with Gasteiger partial charge in [0.15, 0.2) is 5.16 Å². The van der Waals surface area contributed by atoms with Gasteiger partial charge in [0.1, 0.15) is 17.4 Å². The number of aromatic nitrogens is 2. The van der Waals surface area contributed by atoms with Crippen LogP contribution in [0.25, 0.3) is 11.3 Å². The minimum atomic E-state index is -0.441. The van der Waals surface area contributed by atoms with E-state index < -0.39 is 5.56 Å². The summed E-state index contributed by atoms with van der Waals surface area (Å²) < 4.78 is 10.8. The monoisotopic (exact) mass is 331 g/mol. The van der Waals surface area contributed by atoms with Crippen LogP contribution < -0.4 is 10.3 Å². The molecule has 1 N–H and O–H groups in total. The predicted molar refractivity (Wildman–Crippen MR) is 88.7 cm³/mol. The molecule has 120 valence electrons. The number of nitrogens with one attached hydrogen (secondary N) is 1. The number of nitrogens with zero attached hydrogens (tertiary/aromatic N) is 2. The smallest absolute Gasteiger partial charge is 0.270 e. The molecule has 0 amide bonds. The van der Waals surface area contributed by atoms with Crippen molar-refractivity contribution in [3.05, 3.63) is 39.7 Å². The molecule has 0 aliphatic carbocycles. The summed E-state index contributed by atoms with van der Waals surface area (Å²) >= 11 is 1.31. The summed E-state index contributed by atoms with van der Waals surface area (Å²) in [7, 11) is 1.59. The Kier molecular flexibility index (Phi) is 5.79. The second-order valence-corrected chi connectivity index (χ2v) is 5.37. The Morgan fingerprint density at radius 1 is 1.43 bits per heavy atom. The van der Waals surface area contributed by atoms with Crippen molar-refractivity contribution in [3.63, 3.8) is 0 Å². The molecule has 0 saturated carbocycles. The highest BCUT2D eigenvalue weighted by molar-refractivity contribution is 7.98. The van der Waals surface area contributed by atoms with Crippen molar-refractivity contribution in [3.8, 4) is 23.1 Å². The molecule has 23 heavy (non-hydrogen) atoms. The van der Waals surface area contributed by atoms with Crippen molar-refractivity contribution >= 4 is 11.8 Å². The lowest BCUT2D eigenvalue weighted by Crippen LogP contribution is -2.14. The molecule has 0 atom stereocenters. The van der Waals surface area contributed by atoms with Gasteiger partial charge in [-0.1, -0.05) is 11.8 Å². The zero-order valence-corrected chi connectivity index (χ0v) is 14.0. The molecule has 0 radical (unpaired) electrons. The van der Waals surface area contributed by atoms with Crippen LogP contribution in [-0.2, 0) is 11.3 Å². The molecule has 0 fully saturated rings. The summed E-state index contributed by atoms with van der Waals surface area (Å²) in [6.45, 7) is 2.87. The lowest BCUT2D eigenvalue weighted by molar-refractivity contribution is 0.132. The van der Waals surface area contributed by atoms with Gasteiger partial charge in [-0.3, -0.25) is 4.79 Å². The lowest BCUT2D eigenvalue weighted by Gasteiger charge is -2.11. The quantitative estimate of drug-likeness (QED) is 0.646. The number of ether oxygens (including phenoxy) is 2. The number of hydrogen-bond donors (Lipinski definition) is 1. The Morgan fingerprint density at radius 2 is 2.22 bits per heavy atom. The minimum Gasteiger partial charge on any atom is -0.496 e. The van der Waals surface area contributed by atoms with Gasteiger partial charge in [-0.25, -0.2) is 4.98 Å².